The fourth-order valence-electron chi connectivity index (χ4n) is 1.49. The van der Waals surface area contributed by atoms with E-state index in [1.165, 1.54) is 21.0 Å². The SMILES string of the molecule is COC(C)(C)CC(C)(NC(C)=O)C(=O)O. The van der Waals surface area contributed by atoms with Gasteiger partial charge in [0, 0.05) is 20.5 Å². The van der Waals surface area contributed by atoms with Crippen LogP contribution in [0.25, 0.3) is 0 Å². The van der Waals surface area contributed by atoms with Gasteiger partial charge >= 0.3 is 5.97 Å². The fourth-order valence-corrected chi connectivity index (χ4v) is 1.49. The summed E-state index contributed by atoms with van der Waals surface area (Å²) in [4.78, 5) is 22.0. The number of carboxylic acids is 1. The van der Waals surface area contributed by atoms with Crippen molar-refractivity contribution in [3.8, 4) is 0 Å². The van der Waals surface area contributed by atoms with Crippen LogP contribution < -0.4 is 5.32 Å². The molecule has 0 aromatic carbocycles. The van der Waals surface area contributed by atoms with Crippen LogP contribution in [0.3, 0.4) is 0 Å². The van der Waals surface area contributed by atoms with Crippen molar-refractivity contribution in [3.63, 3.8) is 0 Å². The maximum absolute atomic E-state index is 11.1. The van der Waals surface area contributed by atoms with Crippen LogP contribution in [0, 0.1) is 0 Å². The molecular formula is C10H19NO4. The van der Waals surface area contributed by atoms with Crippen LogP contribution in [0.1, 0.15) is 34.1 Å². The summed E-state index contributed by atoms with van der Waals surface area (Å²) in [6.45, 7) is 6.31. The number of hydrogen-bond donors (Lipinski definition) is 2. The highest BCUT2D eigenvalue weighted by Crippen LogP contribution is 2.23. The van der Waals surface area contributed by atoms with Gasteiger partial charge in [0.25, 0.3) is 0 Å². The number of nitrogens with one attached hydrogen (secondary N) is 1. The van der Waals surface area contributed by atoms with Crippen LogP contribution in [0.4, 0.5) is 0 Å². The zero-order chi connectivity index (χ0) is 12.3. The van der Waals surface area contributed by atoms with Crippen LogP contribution in [-0.2, 0) is 14.3 Å². The Kier molecular flexibility index (Phi) is 4.27. The molecule has 1 atom stereocenters. The lowest BCUT2D eigenvalue weighted by atomic mass is 9.87. The zero-order valence-electron chi connectivity index (χ0n) is 9.88. The number of amides is 1. The topological polar surface area (TPSA) is 75.6 Å². The molecule has 5 nitrogen and oxygen atoms in total. The van der Waals surface area contributed by atoms with Crippen LogP contribution >= 0.6 is 0 Å². The molecule has 0 aromatic rings. The smallest absolute Gasteiger partial charge is 0.329 e. The molecule has 0 heterocycles. The number of carbonyl (C=O) groups excluding carboxylic acids is 1. The first-order valence-electron chi connectivity index (χ1n) is 4.70. The molecule has 0 bridgehead atoms. The van der Waals surface area contributed by atoms with Gasteiger partial charge in [0.2, 0.25) is 5.91 Å². The van der Waals surface area contributed by atoms with Gasteiger partial charge < -0.3 is 15.2 Å². The van der Waals surface area contributed by atoms with Crippen molar-refractivity contribution in [1.82, 2.24) is 5.32 Å². The van der Waals surface area contributed by atoms with E-state index in [9.17, 15) is 9.59 Å². The third kappa shape index (κ3) is 4.29. The monoisotopic (exact) mass is 217 g/mol. The maximum Gasteiger partial charge on any atom is 0.329 e. The first-order chi connectivity index (χ1) is 6.63. The molecule has 1 amide bonds. The molecule has 0 aliphatic heterocycles. The molecule has 0 saturated heterocycles. The Morgan fingerprint density at radius 3 is 2.07 bits per heavy atom. The molecular weight excluding hydrogens is 198 g/mol. The van der Waals surface area contributed by atoms with Crippen molar-refractivity contribution >= 4 is 11.9 Å². The number of carbonyl (C=O) groups is 2. The summed E-state index contributed by atoms with van der Waals surface area (Å²) in [5.74, 6) is -1.44. The average Bonchev–Trinajstić information content (AvgIpc) is 2.01. The highest BCUT2D eigenvalue weighted by Gasteiger charge is 2.39. The lowest BCUT2D eigenvalue weighted by Gasteiger charge is -2.33. The largest absolute Gasteiger partial charge is 0.480 e. The molecule has 0 aliphatic carbocycles. The van der Waals surface area contributed by atoms with Crippen LogP contribution in [0.5, 0.6) is 0 Å². The minimum Gasteiger partial charge on any atom is -0.480 e. The summed E-state index contributed by atoms with van der Waals surface area (Å²) in [5, 5.41) is 11.5. The minimum atomic E-state index is -1.30. The number of carboxylic acid groups (broad SMARTS) is 1. The number of rotatable bonds is 5. The van der Waals surface area contributed by atoms with Crippen molar-refractivity contribution < 1.29 is 19.4 Å². The van der Waals surface area contributed by atoms with E-state index < -0.39 is 17.1 Å². The van der Waals surface area contributed by atoms with Crippen molar-refractivity contribution in [2.45, 2.75) is 45.3 Å². The molecule has 15 heavy (non-hydrogen) atoms. The summed E-state index contributed by atoms with van der Waals surface area (Å²) in [7, 11) is 1.51. The number of ether oxygens (including phenoxy) is 1. The third-order valence-electron chi connectivity index (χ3n) is 2.26. The molecule has 0 aromatic heterocycles. The second-order valence-electron chi connectivity index (χ2n) is 4.46. The van der Waals surface area contributed by atoms with E-state index in [0.717, 1.165) is 0 Å². The highest BCUT2D eigenvalue weighted by atomic mass is 16.5. The Morgan fingerprint density at radius 2 is 1.80 bits per heavy atom. The van der Waals surface area contributed by atoms with E-state index in [-0.39, 0.29) is 12.3 Å². The van der Waals surface area contributed by atoms with Crippen molar-refractivity contribution in [2.75, 3.05) is 7.11 Å². The second-order valence-corrected chi connectivity index (χ2v) is 4.46. The molecule has 88 valence electrons. The molecule has 0 radical (unpaired) electrons. The molecule has 1 unspecified atom stereocenters. The second kappa shape index (κ2) is 4.61. The number of hydrogen-bond acceptors (Lipinski definition) is 3. The molecule has 2 N–H and O–H groups in total. The van der Waals surface area contributed by atoms with E-state index >= 15 is 0 Å². The average molecular weight is 217 g/mol. The van der Waals surface area contributed by atoms with Gasteiger partial charge in [-0.05, 0) is 20.8 Å². The first-order valence-corrected chi connectivity index (χ1v) is 4.70. The van der Waals surface area contributed by atoms with E-state index in [1.54, 1.807) is 13.8 Å². The molecule has 0 rings (SSSR count). The van der Waals surface area contributed by atoms with E-state index in [2.05, 4.69) is 5.32 Å². The Labute approximate surface area is 89.8 Å². The fraction of sp³-hybridized carbons (Fsp3) is 0.800. The zero-order valence-corrected chi connectivity index (χ0v) is 9.88. The molecule has 0 spiro atoms. The van der Waals surface area contributed by atoms with Gasteiger partial charge in [-0.3, -0.25) is 4.79 Å². The maximum atomic E-state index is 11.1. The Hall–Kier alpha value is -1.10. The predicted octanol–water partition coefficient (Wildman–Crippen LogP) is 0.781. The lowest BCUT2D eigenvalue weighted by molar-refractivity contribution is -0.149. The van der Waals surface area contributed by atoms with Crippen molar-refractivity contribution in [1.29, 1.82) is 0 Å². The Bertz CT molecular complexity index is 262. The predicted molar refractivity (Wildman–Crippen MR) is 55.6 cm³/mol. The van der Waals surface area contributed by atoms with Gasteiger partial charge in [-0.15, -0.1) is 0 Å². The van der Waals surface area contributed by atoms with Gasteiger partial charge in [0.15, 0.2) is 0 Å². The van der Waals surface area contributed by atoms with Crippen LogP contribution in [0.15, 0.2) is 0 Å². The highest BCUT2D eigenvalue weighted by molar-refractivity contribution is 5.85. The normalized spacial score (nSPS) is 15.5. The first kappa shape index (κ1) is 13.9. The number of aliphatic carboxylic acids is 1. The quantitative estimate of drug-likeness (QED) is 0.713. The summed E-state index contributed by atoms with van der Waals surface area (Å²) in [5.41, 5.74) is -1.90. The molecule has 0 fully saturated rings. The van der Waals surface area contributed by atoms with Crippen molar-refractivity contribution in [3.05, 3.63) is 0 Å². The Morgan fingerprint density at radius 1 is 1.33 bits per heavy atom. The van der Waals surface area contributed by atoms with E-state index in [1.807, 2.05) is 0 Å². The minimum absolute atomic E-state index is 0.200. The van der Waals surface area contributed by atoms with Crippen LogP contribution in [0.2, 0.25) is 0 Å². The summed E-state index contributed by atoms with van der Waals surface area (Å²) in [6.07, 6.45) is 0.200. The van der Waals surface area contributed by atoms with Crippen molar-refractivity contribution in [2.24, 2.45) is 0 Å². The van der Waals surface area contributed by atoms with Gasteiger partial charge in [-0.1, -0.05) is 0 Å². The van der Waals surface area contributed by atoms with Gasteiger partial charge in [-0.2, -0.15) is 0 Å². The van der Waals surface area contributed by atoms with E-state index in [4.69, 9.17) is 9.84 Å². The summed E-state index contributed by atoms with van der Waals surface area (Å²) >= 11 is 0. The summed E-state index contributed by atoms with van der Waals surface area (Å²) in [6, 6.07) is 0. The molecule has 0 saturated carbocycles. The Balaban J connectivity index is 4.81. The van der Waals surface area contributed by atoms with Crippen LogP contribution in [-0.4, -0.2) is 35.2 Å². The summed E-state index contributed by atoms with van der Waals surface area (Å²) < 4.78 is 5.15. The lowest BCUT2D eigenvalue weighted by Crippen LogP contribution is -2.55. The number of methoxy groups -OCH3 is 1. The molecule has 5 heteroatoms. The van der Waals surface area contributed by atoms with E-state index in [0.29, 0.717) is 0 Å². The third-order valence-corrected chi connectivity index (χ3v) is 2.26. The molecule has 0 aliphatic rings. The van der Waals surface area contributed by atoms with Gasteiger partial charge in [0.05, 0.1) is 5.60 Å². The van der Waals surface area contributed by atoms with Gasteiger partial charge in [-0.25, -0.2) is 4.79 Å². The van der Waals surface area contributed by atoms with Gasteiger partial charge in [0.1, 0.15) is 5.54 Å². The standard InChI is InChI=1S/C10H19NO4/c1-7(12)11-10(4,8(13)14)6-9(2,3)15-5/h6H2,1-5H3,(H,11,12)(H,13,14).